The lowest BCUT2D eigenvalue weighted by molar-refractivity contribution is -0.119. The highest BCUT2D eigenvalue weighted by Crippen LogP contribution is 2.19. The second-order valence-corrected chi connectivity index (χ2v) is 8.75. The predicted molar refractivity (Wildman–Crippen MR) is 114 cm³/mol. The van der Waals surface area contributed by atoms with Crippen molar-refractivity contribution in [1.82, 2.24) is 20.7 Å². The molecule has 8 nitrogen and oxygen atoms in total. The summed E-state index contributed by atoms with van der Waals surface area (Å²) in [5.41, 5.74) is 3.77. The Morgan fingerprint density at radius 3 is 2.33 bits per heavy atom. The van der Waals surface area contributed by atoms with Gasteiger partial charge in [-0.2, -0.15) is 0 Å². The number of hydrazine groups is 1. The van der Waals surface area contributed by atoms with Crippen LogP contribution in [0.4, 0.5) is 9.59 Å². The van der Waals surface area contributed by atoms with Crippen LogP contribution in [0, 0.1) is 0 Å². The molecule has 1 aromatic carbocycles. The Morgan fingerprint density at radius 2 is 1.77 bits per heavy atom. The first-order valence-corrected chi connectivity index (χ1v) is 10.4. The largest absolute Gasteiger partial charge is 0.443 e. The van der Waals surface area contributed by atoms with Crippen LogP contribution in [-0.4, -0.2) is 46.1 Å². The van der Waals surface area contributed by atoms with E-state index in [9.17, 15) is 14.4 Å². The lowest BCUT2D eigenvalue weighted by Crippen LogP contribution is -2.55. The minimum absolute atomic E-state index is 0.0898. The van der Waals surface area contributed by atoms with Crippen molar-refractivity contribution in [2.24, 2.45) is 0 Å². The highest BCUT2D eigenvalue weighted by atomic mass is 16.6. The molecule has 0 spiro atoms. The standard InChI is InChI=1S/C22H34N4O4/c1-16-8-6-7-13-25(16)21(29)26(24-20(28)30-22(3,4)5)15-19-11-9-18(10-12-19)14-23-17(2)27/h9-12,16H,6-8,13-15H2,1-5H3,(H,23,27)(H,24,28). The van der Waals surface area contributed by atoms with E-state index in [1.165, 1.54) is 11.9 Å². The Bertz CT molecular complexity index is 742. The van der Waals surface area contributed by atoms with Crippen LogP contribution < -0.4 is 10.7 Å². The van der Waals surface area contributed by atoms with Gasteiger partial charge in [-0.3, -0.25) is 4.79 Å². The first kappa shape index (κ1) is 23.5. The second-order valence-electron chi connectivity index (χ2n) is 8.75. The predicted octanol–water partition coefficient (Wildman–Crippen LogP) is 3.56. The Labute approximate surface area is 178 Å². The third kappa shape index (κ3) is 7.57. The molecular formula is C22H34N4O4. The molecule has 1 aliphatic rings. The molecule has 1 aromatic rings. The fourth-order valence-electron chi connectivity index (χ4n) is 3.28. The van der Waals surface area contributed by atoms with Gasteiger partial charge in [0.2, 0.25) is 5.91 Å². The molecule has 1 saturated heterocycles. The van der Waals surface area contributed by atoms with Gasteiger partial charge in [-0.25, -0.2) is 20.0 Å². The Balaban J connectivity index is 2.12. The number of likely N-dealkylation sites (tertiary alicyclic amines) is 1. The fourth-order valence-corrected chi connectivity index (χ4v) is 3.28. The van der Waals surface area contributed by atoms with Crippen molar-refractivity contribution in [3.63, 3.8) is 0 Å². The third-order valence-electron chi connectivity index (χ3n) is 4.81. The van der Waals surface area contributed by atoms with Gasteiger partial charge in [0.25, 0.3) is 0 Å². The van der Waals surface area contributed by atoms with Crippen LogP contribution in [0.15, 0.2) is 24.3 Å². The van der Waals surface area contributed by atoms with E-state index in [1.54, 1.807) is 25.7 Å². The molecule has 4 amide bonds. The van der Waals surface area contributed by atoms with Gasteiger partial charge in [-0.15, -0.1) is 0 Å². The number of nitrogens with one attached hydrogen (secondary N) is 2. The average molecular weight is 419 g/mol. The van der Waals surface area contributed by atoms with Crippen LogP contribution >= 0.6 is 0 Å². The van der Waals surface area contributed by atoms with E-state index < -0.39 is 11.7 Å². The molecule has 0 radical (unpaired) electrons. The van der Waals surface area contributed by atoms with Crippen molar-refractivity contribution in [2.75, 3.05) is 6.54 Å². The van der Waals surface area contributed by atoms with Crippen LogP contribution in [-0.2, 0) is 22.6 Å². The molecule has 0 aromatic heterocycles. The van der Waals surface area contributed by atoms with E-state index in [0.717, 1.165) is 30.4 Å². The number of hydrogen-bond donors (Lipinski definition) is 2. The van der Waals surface area contributed by atoms with Gasteiger partial charge in [0.1, 0.15) is 5.60 Å². The van der Waals surface area contributed by atoms with Gasteiger partial charge in [-0.05, 0) is 58.1 Å². The smallest absolute Gasteiger partial charge is 0.426 e. The molecule has 0 saturated carbocycles. The second kappa shape index (κ2) is 10.3. The summed E-state index contributed by atoms with van der Waals surface area (Å²) < 4.78 is 5.34. The van der Waals surface area contributed by atoms with E-state index in [4.69, 9.17) is 4.74 Å². The Morgan fingerprint density at radius 1 is 1.13 bits per heavy atom. The lowest BCUT2D eigenvalue weighted by Gasteiger charge is -2.37. The summed E-state index contributed by atoms with van der Waals surface area (Å²) in [5, 5.41) is 4.07. The lowest BCUT2D eigenvalue weighted by atomic mass is 10.0. The normalized spacial score (nSPS) is 16.6. The van der Waals surface area contributed by atoms with E-state index >= 15 is 0 Å². The maximum absolute atomic E-state index is 13.2. The molecule has 2 rings (SSSR count). The number of carbonyl (C=O) groups is 3. The number of urea groups is 1. The molecule has 1 atom stereocenters. The van der Waals surface area contributed by atoms with Crippen molar-refractivity contribution in [3.8, 4) is 0 Å². The van der Waals surface area contributed by atoms with Crippen LogP contribution in [0.25, 0.3) is 0 Å². The van der Waals surface area contributed by atoms with Crippen molar-refractivity contribution in [3.05, 3.63) is 35.4 Å². The first-order chi connectivity index (χ1) is 14.0. The summed E-state index contributed by atoms with van der Waals surface area (Å²) >= 11 is 0. The Hall–Kier alpha value is -2.77. The van der Waals surface area contributed by atoms with Gasteiger partial charge < -0.3 is 15.0 Å². The summed E-state index contributed by atoms with van der Waals surface area (Å²) in [6.45, 7) is 10.2. The van der Waals surface area contributed by atoms with Gasteiger partial charge in [0.05, 0.1) is 6.54 Å². The molecular weight excluding hydrogens is 384 g/mol. The van der Waals surface area contributed by atoms with Crippen LogP contribution in [0.1, 0.15) is 65.0 Å². The zero-order valence-electron chi connectivity index (χ0n) is 18.7. The third-order valence-corrected chi connectivity index (χ3v) is 4.81. The minimum atomic E-state index is -0.664. The number of piperidine rings is 1. The number of ether oxygens (including phenoxy) is 1. The van der Waals surface area contributed by atoms with Crippen LogP contribution in [0.2, 0.25) is 0 Å². The molecule has 0 aliphatic carbocycles. The topological polar surface area (TPSA) is 91.0 Å². The zero-order valence-corrected chi connectivity index (χ0v) is 18.7. The van der Waals surface area contributed by atoms with E-state index in [2.05, 4.69) is 10.7 Å². The summed E-state index contributed by atoms with van der Waals surface area (Å²) in [7, 11) is 0. The van der Waals surface area contributed by atoms with Gasteiger partial charge in [-0.1, -0.05) is 24.3 Å². The molecule has 30 heavy (non-hydrogen) atoms. The van der Waals surface area contributed by atoms with Crippen molar-refractivity contribution < 1.29 is 19.1 Å². The summed E-state index contributed by atoms with van der Waals surface area (Å²) in [5.74, 6) is -0.0898. The maximum Gasteiger partial charge on any atom is 0.426 e. The SMILES string of the molecule is CC(=O)NCc1ccc(CN(NC(=O)OC(C)(C)C)C(=O)N2CCCCC2C)cc1. The molecule has 166 valence electrons. The van der Waals surface area contributed by atoms with Crippen LogP contribution in [0.3, 0.4) is 0 Å². The van der Waals surface area contributed by atoms with Crippen molar-refractivity contribution in [2.45, 2.75) is 78.6 Å². The number of benzene rings is 1. The minimum Gasteiger partial charge on any atom is -0.443 e. The number of nitrogens with zero attached hydrogens (tertiary/aromatic N) is 2. The van der Waals surface area contributed by atoms with Crippen molar-refractivity contribution >= 4 is 18.0 Å². The van der Waals surface area contributed by atoms with Crippen molar-refractivity contribution in [1.29, 1.82) is 0 Å². The molecule has 1 fully saturated rings. The molecule has 0 bridgehead atoms. The summed E-state index contributed by atoms with van der Waals surface area (Å²) in [4.78, 5) is 38.4. The number of amides is 4. The first-order valence-electron chi connectivity index (χ1n) is 10.4. The highest BCUT2D eigenvalue weighted by Gasteiger charge is 2.29. The van der Waals surface area contributed by atoms with Gasteiger partial charge in [0, 0.05) is 26.1 Å². The maximum atomic E-state index is 13.2. The zero-order chi connectivity index (χ0) is 22.3. The van der Waals surface area contributed by atoms with Gasteiger partial charge >= 0.3 is 12.1 Å². The Kier molecular flexibility index (Phi) is 8.08. The molecule has 1 aliphatic heterocycles. The fraction of sp³-hybridized carbons (Fsp3) is 0.591. The quantitative estimate of drug-likeness (QED) is 0.732. The highest BCUT2D eigenvalue weighted by molar-refractivity contribution is 5.78. The van der Waals surface area contributed by atoms with E-state index in [0.29, 0.717) is 13.1 Å². The summed E-state index contributed by atoms with van der Waals surface area (Å²) in [6, 6.07) is 7.43. The molecule has 2 N–H and O–H groups in total. The summed E-state index contributed by atoms with van der Waals surface area (Å²) in [6.07, 6.45) is 2.33. The number of hydrogen-bond acceptors (Lipinski definition) is 4. The average Bonchev–Trinajstić information content (AvgIpc) is 2.65. The molecule has 8 heteroatoms. The molecule has 1 unspecified atom stereocenters. The number of rotatable bonds is 4. The molecule has 1 heterocycles. The van der Waals surface area contributed by atoms with E-state index in [-0.39, 0.29) is 24.5 Å². The van der Waals surface area contributed by atoms with E-state index in [1.807, 2.05) is 31.2 Å². The van der Waals surface area contributed by atoms with Crippen LogP contribution in [0.5, 0.6) is 0 Å². The number of carbonyl (C=O) groups excluding carboxylic acids is 3. The van der Waals surface area contributed by atoms with Gasteiger partial charge in [0.15, 0.2) is 0 Å². The monoisotopic (exact) mass is 418 g/mol.